The van der Waals surface area contributed by atoms with Crippen molar-refractivity contribution in [1.29, 1.82) is 0 Å². The lowest BCUT2D eigenvalue weighted by Crippen LogP contribution is -2.42. The standard InChI is InChI=1S/C12H15N3O5/c1-6(10(16)15-12(14)18)20-9-4-3-7(5-8(9)13)11(17)19-2/h3-6H,13H2,1-2H3,(H3,14,15,16,18). The molecule has 108 valence electrons. The molecule has 3 amide bonds. The number of imide groups is 1. The van der Waals surface area contributed by atoms with E-state index in [9.17, 15) is 14.4 Å². The van der Waals surface area contributed by atoms with Crippen LogP contribution < -0.4 is 21.5 Å². The van der Waals surface area contributed by atoms with E-state index in [2.05, 4.69) is 4.74 Å². The molecule has 0 aliphatic heterocycles. The summed E-state index contributed by atoms with van der Waals surface area (Å²) < 4.78 is 9.82. The van der Waals surface area contributed by atoms with E-state index >= 15 is 0 Å². The van der Waals surface area contributed by atoms with Crippen LogP contribution in [0.1, 0.15) is 17.3 Å². The molecule has 0 heterocycles. The van der Waals surface area contributed by atoms with E-state index < -0.39 is 24.0 Å². The zero-order chi connectivity index (χ0) is 15.3. The van der Waals surface area contributed by atoms with E-state index in [0.29, 0.717) is 0 Å². The van der Waals surface area contributed by atoms with Crippen LogP contribution in [0.5, 0.6) is 5.75 Å². The largest absolute Gasteiger partial charge is 0.479 e. The number of amides is 3. The molecule has 5 N–H and O–H groups in total. The lowest BCUT2D eigenvalue weighted by molar-refractivity contribution is -0.126. The summed E-state index contributed by atoms with van der Waals surface area (Å²) >= 11 is 0. The molecule has 0 saturated carbocycles. The van der Waals surface area contributed by atoms with Gasteiger partial charge < -0.3 is 20.9 Å². The first-order valence-corrected chi connectivity index (χ1v) is 5.60. The van der Waals surface area contributed by atoms with Crippen LogP contribution in [0, 0.1) is 0 Å². The number of nitrogen functional groups attached to an aromatic ring is 1. The Morgan fingerprint density at radius 1 is 1.30 bits per heavy atom. The maximum absolute atomic E-state index is 11.4. The second kappa shape index (κ2) is 6.41. The van der Waals surface area contributed by atoms with Crippen molar-refractivity contribution in [3.8, 4) is 5.75 Å². The smallest absolute Gasteiger partial charge is 0.337 e. The molecule has 0 bridgehead atoms. The Bertz CT molecular complexity index is 544. The first-order chi connectivity index (χ1) is 9.35. The highest BCUT2D eigenvalue weighted by atomic mass is 16.5. The van der Waals surface area contributed by atoms with Gasteiger partial charge in [0.05, 0.1) is 18.4 Å². The van der Waals surface area contributed by atoms with Crippen molar-refractivity contribution in [2.24, 2.45) is 5.73 Å². The van der Waals surface area contributed by atoms with E-state index in [1.165, 1.54) is 32.2 Å². The maximum atomic E-state index is 11.4. The first kappa shape index (κ1) is 15.3. The number of carbonyl (C=O) groups is 3. The van der Waals surface area contributed by atoms with Gasteiger partial charge in [0.2, 0.25) is 0 Å². The van der Waals surface area contributed by atoms with Crippen molar-refractivity contribution in [3.63, 3.8) is 0 Å². The fraction of sp³-hybridized carbons (Fsp3) is 0.250. The Balaban J connectivity index is 2.80. The number of urea groups is 1. The molecule has 0 saturated heterocycles. The minimum atomic E-state index is -0.978. The van der Waals surface area contributed by atoms with E-state index in [1.54, 1.807) is 0 Å². The fourth-order valence-electron chi connectivity index (χ4n) is 1.37. The topological polar surface area (TPSA) is 134 Å². The number of methoxy groups -OCH3 is 1. The summed E-state index contributed by atoms with van der Waals surface area (Å²) in [6.45, 7) is 1.42. The number of anilines is 1. The lowest BCUT2D eigenvalue weighted by atomic mass is 10.2. The minimum absolute atomic E-state index is 0.159. The molecule has 1 rings (SSSR count). The van der Waals surface area contributed by atoms with Gasteiger partial charge in [-0.15, -0.1) is 0 Å². The number of esters is 1. The van der Waals surface area contributed by atoms with Crippen LogP contribution in [0.25, 0.3) is 0 Å². The minimum Gasteiger partial charge on any atom is -0.479 e. The average molecular weight is 281 g/mol. The summed E-state index contributed by atoms with van der Waals surface area (Å²) in [5, 5.41) is 1.88. The van der Waals surface area contributed by atoms with Crippen LogP contribution >= 0.6 is 0 Å². The van der Waals surface area contributed by atoms with Crippen molar-refractivity contribution in [2.75, 3.05) is 12.8 Å². The second-order valence-corrected chi connectivity index (χ2v) is 3.86. The van der Waals surface area contributed by atoms with E-state index in [1.807, 2.05) is 5.32 Å². The predicted octanol–water partition coefficient (Wildman–Crippen LogP) is 0.0176. The highest BCUT2D eigenvalue weighted by molar-refractivity contribution is 5.96. The molecule has 0 spiro atoms. The normalized spacial score (nSPS) is 11.3. The summed E-state index contributed by atoms with van der Waals surface area (Å²) in [6.07, 6.45) is -0.978. The summed E-state index contributed by atoms with van der Waals surface area (Å²) in [5.41, 5.74) is 10.9. The molecule has 8 nitrogen and oxygen atoms in total. The molecular formula is C12H15N3O5. The van der Waals surface area contributed by atoms with Crippen LogP contribution in [-0.2, 0) is 9.53 Å². The van der Waals surface area contributed by atoms with Gasteiger partial charge in [-0.2, -0.15) is 0 Å². The van der Waals surface area contributed by atoms with E-state index in [0.717, 1.165) is 0 Å². The van der Waals surface area contributed by atoms with Crippen molar-refractivity contribution in [1.82, 2.24) is 5.32 Å². The predicted molar refractivity (Wildman–Crippen MR) is 70.0 cm³/mol. The van der Waals surface area contributed by atoms with Gasteiger partial charge in [-0.3, -0.25) is 10.1 Å². The molecule has 0 aromatic heterocycles. The Labute approximate surface area is 115 Å². The molecule has 1 unspecified atom stereocenters. The SMILES string of the molecule is COC(=O)c1ccc(OC(C)C(=O)NC(N)=O)c(N)c1. The Morgan fingerprint density at radius 3 is 2.45 bits per heavy atom. The molecule has 8 heteroatoms. The van der Waals surface area contributed by atoms with Crippen LogP contribution in [-0.4, -0.2) is 31.1 Å². The summed E-state index contributed by atoms with van der Waals surface area (Å²) in [5.74, 6) is -1.04. The molecule has 0 fully saturated rings. The van der Waals surface area contributed by atoms with Crippen LogP contribution in [0.3, 0.4) is 0 Å². The molecule has 20 heavy (non-hydrogen) atoms. The highest BCUT2D eigenvalue weighted by Gasteiger charge is 2.18. The third kappa shape index (κ3) is 3.87. The molecule has 0 aliphatic carbocycles. The molecule has 0 radical (unpaired) electrons. The second-order valence-electron chi connectivity index (χ2n) is 3.86. The third-order valence-electron chi connectivity index (χ3n) is 2.35. The number of hydrogen-bond acceptors (Lipinski definition) is 6. The number of benzene rings is 1. The first-order valence-electron chi connectivity index (χ1n) is 5.60. The van der Waals surface area contributed by atoms with E-state index in [4.69, 9.17) is 16.2 Å². The highest BCUT2D eigenvalue weighted by Crippen LogP contribution is 2.24. The molecule has 1 aromatic rings. The number of primary amides is 1. The fourth-order valence-corrected chi connectivity index (χ4v) is 1.37. The zero-order valence-electron chi connectivity index (χ0n) is 11.0. The van der Waals surface area contributed by atoms with Gasteiger partial charge in [0.15, 0.2) is 6.10 Å². The van der Waals surface area contributed by atoms with Gasteiger partial charge in [-0.05, 0) is 25.1 Å². The van der Waals surface area contributed by atoms with Gasteiger partial charge in [-0.25, -0.2) is 9.59 Å². The van der Waals surface area contributed by atoms with Gasteiger partial charge in [0, 0.05) is 0 Å². The van der Waals surface area contributed by atoms with Crippen LogP contribution in [0.4, 0.5) is 10.5 Å². The molecule has 1 aromatic carbocycles. The third-order valence-corrected chi connectivity index (χ3v) is 2.35. The number of hydrogen-bond donors (Lipinski definition) is 3. The van der Waals surface area contributed by atoms with Gasteiger partial charge in [0.25, 0.3) is 5.91 Å². The van der Waals surface area contributed by atoms with Crippen molar-refractivity contribution >= 4 is 23.6 Å². The monoisotopic (exact) mass is 281 g/mol. The Kier molecular flexibility index (Phi) is 4.90. The number of ether oxygens (including phenoxy) is 2. The van der Waals surface area contributed by atoms with Gasteiger partial charge in [-0.1, -0.05) is 0 Å². The lowest BCUT2D eigenvalue weighted by Gasteiger charge is -2.15. The van der Waals surface area contributed by atoms with Crippen molar-refractivity contribution in [2.45, 2.75) is 13.0 Å². The Hall–Kier alpha value is -2.77. The van der Waals surface area contributed by atoms with Crippen molar-refractivity contribution in [3.05, 3.63) is 23.8 Å². The number of rotatable bonds is 4. The summed E-state index contributed by atoms with van der Waals surface area (Å²) in [7, 11) is 1.25. The van der Waals surface area contributed by atoms with E-state index in [-0.39, 0.29) is 17.0 Å². The van der Waals surface area contributed by atoms with Gasteiger partial charge in [0.1, 0.15) is 5.75 Å². The van der Waals surface area contributed by atoms with Crippen LogP contribution in [0.15, 0.2) is 18.2 Å². The number of nitrogens with two attached hydrogens (primary N) is 2. The van der Waals surface area contributed by atoms with Crippen LogP contribution in [0.2, 0.25) is 0 Å². The molecule has 1 atom stereocenters. The average Bonchev–Trinajstić information content (AvgIpc) is 2.39. The Morgan fingerprint density at radius 2 is 1.95 bits per heavy atom. The zero-order valence-corrected chi connectivity index (χ0v) is 11.0. The summed E-state index contributed by atoms with van der Waals surface area (Å²) in [6, 6.07) is 3.26. The van der Waals surface area contributed by atoms with Gasteiger partial charge >= 0.3 is 12.0 Å². The number of nitrogens with one attached hydrogen (secondary N) is 1. The number of carbonyl (C=O) groups excluding carboxylic acids is 3. The quantitative estimate of drug-likeness (QED) is 0.526. The molecule has 0 aliphatic rings. The summed E-state index contributed by atoms with van der Waals surface area (Å²) in [4.78, 5) is 33.3. The van der Waals surface area contributed by atoms with Crippen molar-refractivity contribution < 1.29 is 23.9 Å². The maximum Gasteiger partial charge on any atom is 0.337 e. The molecular weight excluding hydrogens is 266 g/mol.